The van der Waals surface area contributed by atoms with Gasteiger partial charge in [-0.2, -0.15) is 0 Å². The number of methoxy groups -OCH3 is 1. The van der Waals surface area contributed by atoms with Gasteiger partial charge in [-0.3, -0.25) is 0 Å². The SMILES string of the molecule is COC(=O)C(c1ccc(F)cc1Cl)n1ccc2ccccc21. The van der Waals surface area contributed by atoms with E-state index in [4.69, 9.17) is 16.3 Å². The van der Waals surface area contributed by atoms with Gasteiger partial charge < -0.3 is 9.30 Å². The van der Waals surface area contributed by atoms with Gasteiger partial charge in [0.1, 0.15) is 5.82 Å². The van der Waals surface area contributed by atoms with Crippen LogP contribution in [0.25, 0.3) is 10.9 Å². The van der Waals surface area contributed by atoms with Gasteiger partial charge in [-0.1, -0.05) is 35.9 Å². The lowest BCUT2D eigenvalue weighted by atomic mass is 10.1. The van der Waals surface area contributed by atoms with Crippen LogP contribution in [0, 0.1) is 5.82 Å². The Kier molecular flexibility index (Phi) is 3.86. The van der Waals surface area contributed by atoms with Crippen LogP contribution in [0.1, 0.15) is 11.6 Å². The average molecular weight is 318 g/mol. The summed E-state index contributed by atoms with van der Waals surface area (Å²) < 4.78 is 20.0. The van der Waals surface area contributed by atoms with Gasteiger partial charge in [-0.25, -0.2) is 9.18 Å². The van der Waals surface area contributed by atoms with Crippen molar-refractivity contribution in [3.05, 3.63) is 71.1 Å². The van der Waals surface area contributed by atoms with Crippen molar-refractivity contribution in [3.63, 3.8) is 0 Å². The summed E-state index contributed by atoms with van der Waals surface area (Å²) >= 11 is 6.13. The fraction of sp³-hybridized carbons (Fsp3) is 0.118. The molecule has 0 fully saturated rings. The van der Waals surface area contributed by atoms with Crippen LogP contribution in [0.2, 0.25) is 5.02 Å². The molecule has 0 aliphatic heterocycles. The highest BCUT2D eigenvalue weighted by molar-refractivity contribution is 6.31. The minimum absolute atomic E-state index is 0.188. The van der Waals surface area contributed by atoms with E-state index in [1.54, 1.807) is 10.8 Å². The van der Waals surface area contributed by atoms with E-state index in [0.717, 1.165) is 10.9 Å². The number of carbonyl (C=O) groups excluding carboxylic acids is 1. The Bertz CT molecular complexity index is 844. The Balaban J connectivity index is 2.21. The molecule has 3 aromatic rings. The van der Waals surface area contributed by atoms with E-state index >= 15 is 0 Å². The first-order valence-corrected chi connectivity index (χ1v) is 7.08. The predicted molar refractivity (Wildman–Crippen MR) is 83.5 cm³/mol. The molecule has 1 atom stereocenters. The molecule has 112 valence electrons. The number of esters is 1. The normalized spacial score (nSPS) is 12.3. The predicted octanol–water partition coefficient (Wildman–Crippen LogP) is 4.20. The number of rotatable bonds is 3. The molecule has 0 aliphatic rings. The highest BCUT2D eigenvalue weighted by Gasteiger charge is 2.26. The van der Waals surface area contributed by atoms with Crippen LogP contribution in [0.4, 0.5) is 4.39 Å². The summed E-state index contributed by atoms with van der Waals surface area (Å²) in [6, 6.07) is 12.8. The molecule has 1 aromatic heterocycles. The lowest BCUT2D eigenvalue weighted by molar-refractivity contribution is -0.143. The van der Waals surface area contributed by atoms with Gasteiger partial charge in [0.2, 0.25) is 0 Å². The van der Waals surface area contributed by atoms with Crippen LogP contribution >= 0.6 is 11.6 Å². The Labute approximate surface area is 131 Å². The van der Waals surface area contributed by atoms with Gasteiger partial charge in [0.15, 0.2) is 6.04 Å². The Hall–Kier alpha value is -2.33. The van der Waals surface area contributed by atoms with Crippen molar-refractivity contribution in [2.75, 3.05) is 7.11 Å². The van der Waals surface area contributed by atoms with Gasteiger partial charge in [0.05, 0.1) is 7.11 Å². The largest absolute Gasteiger partial charge is 0.467 e. The molecular weight excluding hydrogens is 305 g/mol. The van der Waals surface area contributed by atoms with Crippen molar-refractivity contribution >= 4 is 28.5 Å². The van der Waals surface area contributed by atoms with Crippen LogP contribution in [0.3, 0.4) is 0 Å². The maximum absolute atomic E-state index is 13.3. The van der Waals surface area contributed by atoms with E-state index in [1.807, 2.05) is 30.3 Å². The number of halogens is 2. The third-order valence-corrected chi connectivity index (χ3v) is 3.92. The van der Waals surface area contributed by atoms with Crippen LogP contribution in [0.5, 0.6) is 0 Å². The number of nitrogens with zero attached hydrogens (tertiary/aromatic N) is 1. The third kappa shape index (κ3) is 2.46. The second kappa shape index (κ2) is 5.81. The number of para-hydroxylation sites is 1. The summed E-state index contributed by atoms with van der Waals surface area (Å²) in [6.45, 7) is 0. The third-order valence-electron chi connectivity index (χ3n) is 3.59. The minimum Gasteiger partial charge on any atom is -0.467 e. The zero-order valence-electron chi connectivity index (χ0n) is 11.8. The number of hydrogen-bond donors (Lipinski definition) is 0. The molecule has 5 heteroatoms. The molecular formula is C17H13ClFNO2. The van der Waals surface area contributed by atoms with Crippen molar-refractivity contribution in [1.82, 2.24) is 4.57 Å². The van der Waals surface area contributed by atoms with Crippen LogP contribution < -0.4 is 0 Å². The first kappa shape index (κ1) is 14.6. The standard InChI is InChI=1S/C17H13ClFNO2/c1-22-17(21)16(13-7-6-12(19)10-14(13)18)20-9-8-11-4-2-3-5-15(11)20/h2-10,16H,1H3. The van der Waals surface area contributed by atoms with Gasteiger partial charge in [0, 0.05) is 22.3 Å². The lowest BCUT2D eigenvalue weighted by Crippen LogP contribution is -2.22. The van der Waals surface area contributed by atoms with E-state index in [0.29, 0.717) is 5.56 Å². The molecule has 3 nitrogen and oxygen atoms in total. The van der Waals surface area contributed by atoms with Crippen molar-refractivity contribution < 1.29 is 13.9 Å². The summed E-state index contributed by atoms with van der Waals surface area (Å²) in [5, 5.41) is 1.18. The molecule has 0 N–H and O–H groups in total. The molecule has 3 rings (SSSR count). The maximum Gasteiger partial charge on any atom is 0.333 e. The fourth-order valence-electron chi connectivity index (χ4n) is 2.55. The van der Waals surface area contributed by atoms with Gasteiger partial charge in [-0.15, -0.1) is 0 Å². The topological polar surface area (TPSA) is 31.2 Å². The Morgan fingerprint density at radius 1 is 1.23 bits per heavy atom. The van der Waals surface area contributed by atoms with Crippen LogP contribution in [-0.4, -0.2) is 17.6 Å². The van der Waals surface area contributed by atoms with Crippen molar-refractivity contribution in [2.24, 2.45) is 0 Å². The lowest BCUT2D eigenvalue weighted by Gasteiger charge is -2.19. The number of carbonyl (C=O) groups is 1. The molecule has 0 aliphatic carbocycles. The summed E-state index contributed by atoms with van der Waals surface area (Å²) in [5.74, 6) is -0.912. The highest BCUT2D eigenvalue weighted by atomic mass is 35.5. The molecule has 1 heterocycles. The Morgan fingerprint density at radius 2 is 2.00 bits per heavy atom. The zero-order chi connectivity index (χ0) is 15.7. The zero-order valence-corrected chi connectivity index (χ0v) is 12.5. The second-order valence-corrected chi connectivity index (χ2v) is 5.28. The summed E-state index contributed by atoms with van der Waals surface area (Å²) in [5.41, 5.74) is 1.37. The molecule has 1 unspecified atom stereocenters. The van der Waals surface area contributed by atoms with E-state index < -0.39 is 17.8 Å². The van der Waals surface area contributed by atoms with Crippen molar-refractivity contribution in [2.45, 2.75) is 6.04 Å². The number of ether oxygens (including phenoxy) is 1. The van der Waals surface area contributed by atoms with E-state index in [9.17, 15) is 9.18 Å². The fourth-order valence-corrected chi connectivity index (χ4v) is 2.83. The van der Waals surface area contributed by atoms with Crippen molar-refractivity contribution in [1.29, 1.82) is 0 Å². The molecule has 0 radical (unpaired) electrons. The summed E-state index contributed by atoms with van der Waals surface area (Å²) in [4.78, 5) is 12.3. The van der Waals surface area contributed by atoms with E-state index in [2.05, 4.69) is 0 Å². The maximum atomic E-state index is 13.3. The van der Waals surface area contributed by atoms with Gasteiger partial charge in [-0.05, 0) is 29.7 Å². The molecule has 0 bridgehead atoms. The number of aromatic nitrogens is 1. The van der Waals surface area contributed by atoms with Crippen LogP contribution in [0.15, 0.2) is 54.7 Å². The molecule has 0 spiro atoms. The highest BCUT2D eigenvalue weighted by Crippen LogP contribution is 2.31. The first-order valence-electron chi connectivity index (χ1n) is 6.70. The molecule has 0 amide bonds. The minimum atomic E-state index is -0.766. The monoisotopic (exact) mass is 317 g/mol. The summed E-state index contributed by atoms with van der Waals surface area (Å²) in [7, 11) is 1.32. The van der Waals surface area contributed by atoms with Gasteiger partial charge in [0.25, 0.3) is 0 Å². The van der Waals surface area contributed by atoms with Crippen LogP contribution in [-0.2, 0) is 9.53 Å². The molecule has 0 saturated heterocycles. The Morgan fingerprint density at radius 3 is 2.73 bits per heavy atom. The first-order chi connectivity index (χ1) is 10.6. The van der Waals surface area contributed by atoms with Gasteiger partial charge >= 0.3 is 5.97 Å². The molecule has 0 saturated carbocycles. The average Bonchev–Trinajstić information content (AvgIpc) is 2.93. The molecule has 2 aromatic carbocycles. The smallest absolute Gasteiger partial charge is 0.333 e. The van der Waals surface area contributed by atoms with E-state index in [1.165, 1.54) is 25.3 Å². The van der Waals surface area contributed by atoms with Crippen molar-refractivity contribution in [3.8, 4) is 0 Å². The number of hydrogen-bond acceptors (Lipinski definition) is 2. The number of fused-ring (bicyclic) bond motifs is 1. The second-order valence-electron chi connectivity index (χ2n) is 4.87. The van der Waals surface area contributed by atoms with E-state index in [-0.39, 0.29) is 5.02 Å². The molecule has 22 heavy (non-hydrogen) atoms. The number of benzene rings is 2. The quantitative estimate of drug-likeness (QED) is 0.678. The summed E-state index contributed by atoms with van der Waals surface area (Å²) in [6.07, 6.45) is 1.80.